The van der Waals surface area contributed by atoms with Gasteiger partial charge in [-0.15, -0.1) is 0 Å². The van der Waals surface area contributed by atoms with E-state index in [9.17, 15) is 4.79 Å². The Bertz CT molecular complexity index is 891. The number of anilines is 1. The van der Waals surface area contributed by atoms with Crippen molar-refractivity contribution in [2.75, 3.05) is 11.7 Å². The van der Waals surface area contributed by atoms with Crippen LogP contribution in [-0.2, 0) is 0 Å². The molecule has 0 bridgehead atoms. The van der Waals surface area contributed by atoms with Gasteiger partial charge in [0.2, 0.25) is 6.79 Å². The fourth-order valence-corrected chi connectivity index (χ4v) is 4.89. The number of urea groups is 1. The maximum Gasteiger partial charge on any atom is 0.323 e. The van der Waals surface area contributed by atoms with Gasteiger partial charge in [0.1, 0.15) is 12.1 Å². The summed E-state index contributed by atoms with van der Waals surface area (Å²) in [5, 5.41) is 4.14. The molecule has 0 unspecified atom stereocenters. The molecule has 2 aromatic rings. The summed E-state index contributed by atoms with van der Waals surface area (Å²) in [5.41, 5.74) is 0.769. The summed E-state index contributed by atoms with van der Waals surface area (Å²) in [6.45, 7) is 0.211. The lowest BCUT2D eigenvalue weighted by molar-refractivity contribution is 0.174. The molecule has 3 aliphatic rings. The summed E-state index contributed by atoms with van der Waals surface area (Å²) < 4.78 is 11.1. The lowest BCUT2D eigenvalue weighted by Crippen LogP contribution is -2.51. The number of hydrogen-bond acceptors (Lipinski definition) is 5. The molecule has 1 N–H and O–H groups in total. The van der Waals surface area contributed by atoms with Crippen LogP contribution in [-0.4, -0.2) is 34.9 Å². The lowest BCUT2D eigenvalue weighted by atomic mass is 9.93. The van der Waals surface area contributed by atoms with Gasteiger partial charge in [-0.2, -0.15) is 0 Å². The second-order valence-electron chi connectivity index (χ2n) is 8.37. The van der Waals surface area contributed by atoms with Gasteiger partial charge in [-0.3, -0.25) is 4.90 Å². The van der Waals surface area contributed by atoms with E-state index in [4.69, 9.17) is 9.47 Å². The molecule has 0 saturated heterocycles. The summed E-state index contributed by atoms with van der Waals surface area (Å²) >= 11 is 0. The highest BCUT2D eigenvalue weighted by molar-refractivity contribution is 6.01. The van der Waals surface area contributed by atoms with Gasteiger partial charge in [-0.1, -0.05) is 38.5 Å². The first-order valence-electron chi connectivity index (χ1n) is 10.9. The number of ether oxygens (including phenoxy) is 2. The van der Waals surface area contributed by atoms with Crippen LogP contribution in [0.2, 0.25) is 0 Å². The first-order valence-corrected chi connectivity index (χ1v) is 10.9. The fourth-order valence-electron chi connectivity index (χ4n) is 4.89. The van der Waals surface area contributed by atoms with Crippen molar-refractivity contribution in [3.05, 3.63) is 18.5 Å². The summed E-state index contributed by atoms with van der Waals surface area (Å²) in [6, 6.07) is 4.19. The predicted molar refractivity (Wildman–Crippen MR) is 110 cm³/mol. The van der Waals surface area contributed by atoms with E-state index in [-0.39, 0.29) is 24.9 Å². The second kappa shape index (κ2) is 8.05. The van der Waals surface area contributed by atoms with Gasteiger partial charge in [0.15, 0.2) is 11.5 Å². The van der Waals surface area contributed by atoms with Gasteiger partial charge in [-0.25, -0.2) is 14.8 Å². The van der Waals surface area contributed by atoms with E-state index < -0.39 is 0 Å². The van der Waals surface area contributed by atoms with Gasteiger partial charge >= 0.3 is 6.03 Å². The highest BCUT2D eigenvalue weighted by Crippen LogP contribution is 2.39. The Kier molecular flexibility index (Phi) is 5.12. The largest absolute Gasteiger partial charge is 0.454 e. The summed E-state index contributed by atoms with van der Waals surface area (Å²) in [7, 11) is 0. The smallest absolute Gasteiger partial charge is 0.323 e. The number of aromatic nitrogens is 2. The molecule has 2 fully saturated rings. The predicted octanol–water partition coefficient (Wildman–Crippen LogP) is 4.54. The van der Waals surface area contributed by atoms with Crippen LogP contribution >= 0.6 is 0 Å². The van der Waals surface area contributed by atoms with E-state index in [0.29, 0.717) is 17.3 Å². The van der Waals surface area contributed by atoms with Crippen LogP contribution in [0.15, 0.2) is 18.5 Å². The van der Waals surface area contributed by atoms with Crippen molar-refractivity contribution >= 4 is 22.8 Å². The Morgan fingerprint density at radius 3 is 2.38 bits per heavy atom. The third-order valence-electron chi connectivity index (χ3n) is 6.43. The maximum atomic E-state index is 13.5. The Morgan fingerprint density at radius 1 is 0.931 bits per heavy atom. The normalized spacial score (nSPS) is 20.0. The molecule has 1 aliphatic heterocycles. The van der Waals surface area contributed by atoms with E-state index in [1.165, 1.54) is 25.7 Å². The summed E-state index contributed by atoms with van der Waals surface area (Å²) in [4.78, 5) is 24.4. The number of rotatable bonds is 3. The molecule has 154 valence electrons. The Morgan fingerprint density at radius 2 is 1.62 bits per heavy atom. The first-order chi connectivity index (χ1) is 14.3. The number of carbonyl (C=O) groups is 1. The van der Waals surface area contributed by atoms with Crippen molar-refractivity contribution in [2.45, 2.75) is 76.3 Å². The third-order valence-corrected chi connectivity index (χ3v) is 6.43. The third kappa shape index (κ3) is 3.70. The van der Waals surface area contributed by atoms with E-state index >= 15 is 0 Å². The molecular formula is C22H28N4O3. The van der Waals surface area contributed by atoms with Crippen molar-refractivity contribution in [3.63, 3.8) is 0 Å². The molecule has 2 heterocycles. The van der Waals surface area contributed by atoms with E-state index in [1.807, 2.05) is 17.0 Å². The number of benzene rings is 1. The van der Waals surface area contributed by atoms with Crippen molar-refractivity contribution < 1.29 is 14.3 Å². The van der Waals surface area contributed by atoms with Crippen LogP contribution in [0.5, 0.6) is 11.5 Å². The second-order valence-corrected chi connectivity index (χ2v) is 8.37. The maximum absolute atomic E-state index is 13.5. The van der Waals surface area contributed by atoms with Crippen LogP contribution in [0.3, 0.4) is 0 Å². The van der Waals surface area contributed by atoms with E-state index in [1.54, 1.807) is 6.33 Å². The Balaban J connectivity index is 1.52. The summed E-state index contributed by atoms with van der Waals surface area (Å²) in [5.74, 6) is 2.05. The average molecular weight is 396 g/mol. The molecule has 29 heavy (non-hydrogen) atoms. The van der Waals surface area contributed by atoms with Crippen molar-refractivity contribution in [1.82, 2.24) is 15.3 Å². The molecule has 2 aliphatic carbocycles. The highest BCUT2D eigenvalue weighted by atomic mass is 16.7. The molecular weight excluding hydrogens is 368 g/mol. The van der Waals surface area contributed by atoms with Gasteiger partial charge in [0.25, 0.3) is 0 Å². The SMILES string of the molecule is O=C(NC1CCCCC1)N(c1ncnc2cc3c(cc12)OCO3)C1CCCCC1. The van der Waals surface area contributed by atoms with Crippen molar-refractivity contribution in [2.24, 2.45) is 0 Å². The monoisotopic (exact) mass is 396 g/mol. The number of hydrogen-bond donors (Lipinski definition) is 1. The zero-order valence-corrected chi connectivity index (χ0v) is 16.7. The van der Waals surface area contributed by atoms with Crippen molar-refractivity contribution in [3.8, 4) is 11.5 Å². The molecule has 1 aromatic heterocycles. The van der Waals surface area contributed by atoms with E-state index in [2.05, 4.69) is 15.3 Å². The number of nitrogens with zero attached hydrogens (tertiary/aromatic N) is 3. The molecule has 0 spiro atoms. The molecule has 5 rings (SSSR count). The van der Waals surface area contributed by atoms with E-state index in [0.717, 1.165) is 49.4 Å². The minimum Gasteiger partial charge on any atom is -0.454 e. The van der Waals surface area contributed by atoms with Crippen LogP contribution in [0.1, 0.15) is 64.2 Å². The first kappa shape index (κ1) is 18.5. The fraction of sp³-hybridized carbons (Fsp3) is 0.591. The van der Waals surface area contributed by atoms with Crippen LogP contribution < -0.4 is 19.7 Å². The van der Waals surface area contributed by atoms with Crippen LogP contribution in [0, 0.1) is 0 Å². The van der Waals surface area contributed by atoms with Crippen LogP contribution in [0.25, 0.3) is 10.9 Å². The molecule has 0 radical (unpaired) electrons. The molecule has 0 atom stereocenters. The number of nitrogens with one attached hydrogen (secondary N) is 1. The van der Waals surface area contributed by atoms with Crippen molar-refractivity contribution in [1.29, 1.82) is 0 Å². The standard InChI is InChI=1S/C22H28N4O3/c27-22(25-15-7-3-1-4-8-15)26(16-9-5-2-6-10-16)21-17-11-19-20(29-14-28-19)12-18(17)23-13-24-21/h11-13,15-16H,1-10,14H2,(H,25,27). The number of amides is 2. The quantitative estimate of drug-likeness (QED) is 0.824. The molecule has 7 nitrogen and oxygen atoms in total. The van der Waals surface area contributed by atoms with Gasteiger partial charge in [0.05, 0.1) is 5.52 Å². The lowest BCUT2D eigenvalue weighted by Gasteiger charge is -2.35. The van der Waals surface area contributed by atoms with Gasteiger partial charge < -0.3 is 14.8 Å². The highest BCUT2D eigenvalue weighted by Gasteiger charge is 2.31. The Labute approximate surface area is 170 Å². The molecule has 2 saturated carbocycles. The molecule has 1 aromatic carbocycles. The van der Waals surface area contributed by atoms with Gasteiger partial charge in [0, 0.05) is 23.5 Å². The summed E-state index contributed by atoms with van der Waals surface area (Å²) in [6.07, 6.45) is 12.9. The minimum atomic E-state index is -0.0264. The van der Waals surface area contributed by atoms with Gasteiger partial charge in [-0.05, 0) is 31.7 Å². The topological polar surface area (TPSA) is 76.6 Å². The number of carbonyl (C=O) groups excluding carboxylic acids is 1. The zero-order valence-electron chi connectivity index (χ0n) is 16.7. The zero-order chi connectivity index (χ0) is 19.6. The van der Waals surface area contributed by atoms with Crippen LogP contribution in [0.4, 0.5) is 10.6 Å². The molecule has 2 amide bonds. The number of fused-ring (bicyclic) bond motifs is 2. The minimum absolute atomic E-state index is 0.0264. The Hall–Kier alpha value is -2.57. The average Bonchev–Trinajstić information content (AvgIpc) is 3.21. The molecule has 7 heteroatoms.